The van der Waals surface area contributed by atoms with Gasteiger partial charge in [-0.3, -0.25) is 0 Å². The van der Waals surface area contributed by atoms with E-state index in [4.69, 9.17) is 9.47 Å². The summed E-state index contributed by atoms with van der Waals surface area (Å²) in [6, 6.07) is 0. The summed E-state index contributed by atoms with van der Waals surface area (Å²) in [5, 5.41) is 9.35. The second-order valence-electron chi connectivity index (χ2n) is 4.63. The number of ether oxygens (including phenoxy) is 2. The highest BCUT2D eigenvalue weighted by Gasteiger charge is 2.56. The summed E-state index contributed by atoms with van der Waals surface area (Å²) in [6.07, 6.45) is 2.56. The number of fused-ring (bicyclic) bond motifs is 1. The number of hydrogen-bond acceptors (Lipinski definition) is 4. The summed E-state index contributed by atoms with van der Waals surface area (Å²) in [4.78, 5) is 24.6. The molecule has 2 aliphatic heterocycles. The van der Waals surface area contributed by atoms with Crippen LogP contribution in [0.2, 0.25) is 0 Å². The van der Waals surface area contributed by atoms with Crippen LogP contribution in [-0.2, 0) is 14.3 Å². The monoisotopic (exact) mass is 255 g/mol. The highest BCUT2D eigenvalue weighted by Crippen LogP contribution is 2.38. The van der Waals surface area contributed by atoms with Crippen LogP contribution in [0.15, 0.2) is 12.7 Å². The molecular weight excluding hydrogens is 238 g/mol. The molecule has 2 heterocycles. The van der Waals surface area contributed by atoms with Gasteiger partial charge in [-0.1, -0.05) is 12.7 Å². The van der Waals surface area contributed by atoms with Crippen molar-refractivity contribution in [2.45, 2.75) is 18.4 Å². The fourth-order valence-corrected chi connectivity index (χ4v) is 2.63. The van der Waals surface area contributed by atoms with Gasteiger partial charge in [0.25, 0.3) is 0 Å². The molecule has 0 saturated carbocycles. The van der Waals surface area contributed by atoms with Crippen LogP contribution in [-0.4, -0.2) is 54.0 Å². The molecule has 2 rings (SSSR count). The number of aliphatic carboxylic acids is 1. The van der Waals surface area contributed by atoms with Gasteiger partial charge >= 0.3 is 12.1 Å². The highest BCUT2D eigenvalue weighted by atomic mass is 16.6. The quantitative estimate of drug-likeness (QED) is 0.757. The third kappa shape index (κ3) is 2.08. The molecule has 0 radical (unpaired) electrons. The zero-order valence-corrected chi connectivity index (χ0v) is 10.1. The van der Waals surface area contributed by atoms with Crippen molar-refractivity contribution in [2.24, 2.45) is 5.92 Å². The number of carbonyl (C=O) groups excluding carboxylic acids is 1. The van der Waals surface area contributed by atoms with Crippen molar-refractivity contribution >= 4 is 12.1 Å². The number of carboxylic acid groups (broad SMARTS) is 1. The number of nitrogens with zero attached hydrogens (tertiary/aromatic N) is 1. The third-order valence-corrected chi connectivity index (χ3v) is 3.53. The van der Waals surface area contributed by atoms with Gasteiger partial charge in [0.05, 0.1) is 6.54 Å². The molecule has 100 valence electrons. The molecule has 0 aromatic heterocycles. The molecule has 1 N–H and O–H groups in total. The first-order valence-electron chi connectivity index (χ1n) is 6.00. The highest BCUT2D eigenvalue weighted by molar-refractivity contribution is 5.81. The second kappa shape index (κ2) is 4.97. The summed E-state index contributed by atoms with van der Waals surface area (Å²) in [6.45, 7) is 4.45. The Balaban J connectivity index is 2.09. The summed E-state index contributed by atoms with van der Waals surface area (Å²) >= 11 is 0. The van der Waals surface area contributed by atoms with Crippen LogP contribution in [0.4, 0.5) is 4.79 Å². The fourth-order valence-electron chi connectivity index (χ4n) is 2.63. The van der Waals surface area contributed by atoms with E-state index < -0.39 is 17.7 Å². The Bertz CT molecular complexity index is 369. The first-order chi connectivity index (χ1) is 8.60. The van der Waals surface area contributed by atoms with Crippen molar-refractivity contribution in [3.05, 3.63) is 12.7 Å². The van der Waals surface area contributed by atoms with Gasteiger partial charge in [0.15, 0.2) is 5.60 Å². The Kier molecular flexibility index (Phi) is 3.56. The smallest absolute Gasteiger partial charge is 0.410 e. The minimum Gasteiger partial charge on any atom is -0.479 e. The van der Waals surface area contributed by atoms with E-state index in [1.807, 2.05) is 0 Å². The summed E-state index contributed by atoms with van der Waals surface area (Å²) in [5.74, 6) is -1.15. The number of amides is 1. The van der Waals surface area contributed by atoms with Gasteiger partial charge in [-0.2, -0.15) is 0 Å². The van der Waals surface area contributed by atoms with E-state index in [2.05, 4.69) is 6.58 Å². The molecule has 6 nitrogen and oxygen atoms in total. The zero-order chi connectivity index (χ0) is 13.2. The lowest BCUT2D eigenvalue weighted by atomic mass is 9.85. The molecule has 2 atom stereocenters. The number of likely N-dealkylation sites (tertiary alicyclic amines) is 1. The van der Waals surface area contributed by atoms with E-state index in [0.29, 0.717) is 13.2 Å². The van der Waals surface area contributed by atoms with E-state index >= 15 is 0 Å². The first kappa shape index (κ1) is 12.9. The van der Waals surface area contributed by atoms with E-state index in [1.54, 1.807) is 0 Å². The third-order valence-electron chi connectivity index (χ3n) is 3.53. The molecule has 0 aromatic carbocycles. The van der Waals surface area contributed by atoms with Gasteiger partial charge in [0.1, 0.15) is 6.61 Å². The molecular formula is C12H17NO5. The molecule has 0 unspecified atom stereocenters. The predicted octanol–water partition coefficient (Wildman–Crippen LogP) is 0.875. The van der Waals surface area contributed by atoms with Gasteiger partial charge in [0.2, 0.25) is 0 Å². The van der Waals surface area contributed by atoms with Crippen molar-refractivity contribution in [3.8, 4) is 0 Å². The lowest BCUT2D eigenvalue weighted by Gasteiger charge is -2.34. The number of carbonyl (C=O) groups is 2. The lowest BCUT2D eigenvalue weighted by Crippen LogP contribution is -2.51. The molecule has 2 saturated heterocycles. The van der Waals surface area contributed by atoms with Crippen LogP contribution < -0.4 is 0 Å². The van der Waals surface area contributed by atoms with Crippen LogP contribution >= 0.6 is 0 Å². The molecule has 1 amide bonds. The molecule has 18 heavy (non-hydrogen) atoms. The molecule has 2 fully saturated rings. The number of carboxylic acids is 1. The van der Waals surface area contributed by atoms with Crippen LogP contribution in [0, 0.1) is 5.92 Å². The summed E-state index contributed by atoms with van der Waals surface area (Å²) in [7, 11) is 0. The van der Waals surface area contributed by atoms with Crippen molar-refractivity contribution in [1.29, 1.82) is 0 Å². The Hall–Kier alpha value is -1.56. The van der Waals surface area contributed by atoms with E-state index in [-0.39, 0.29) is 19.1 Å². The van der Waals surface area contributed by atoms with E-state index in [9.17, 15) is 14.7 Å². The Morgan fingerprint density at radius 2 is 2.39 bits per heavy atom. The zero-order valence-electron chi connectivity index (χ0n) is 10.1. The maximum atomic E-state index is 11.7. The fraction of sp³-hybridized carbons (Fsp3) is 0.667. The molecule has 6 heteroatoms. The minimum absolute atomic E-state index is 0.0585. The Morgan fingerprint density at radius 1 is 1.61 bits per heavy atom. The van der Waals surface area contributed by atoms with Gasteiger partial charge in [0, 0.05) is 19.1 Å². The van der Waals surface area contributed by atoms with Crippen LogP contribution in [0.5, 0.6) is 0 Å². The second-order valence-corrected chi connectivity index (χ2v) is 4.63. The number of rotatable bonds is 3. The van der Waals surface area contributed by atoms with E-state index in [1.165, 1.54) is 11.0 Å². The van der Waals surface area contributed by atoms with Crippen molar-refractivity contribution in [2.75, 3.05) is 26.3 Å². The SMILES string of the molecule is C=CCOC(=O)N1C[C@H]2CCCO[C@@]2(C(=O)O)C1. The van der Waals surface area contributed by atoms with Gasteiger partial charge in [-0.05, 0) is 12.8 Å². The van der Waals surface area contributed by atoms with Crippen LogP contribution in [0.1, 0.15) is 12.8 Å². The molecule has 2 aliphatic rings. The Morgan fingerprint density at radius 3 is 3.00 bits per heavy atom. The summed E-state index contributed by atoms with van der Waals surface area (Å²) < 4.78 is 10.4. The normalized spacial score (nSPS) is 30.7. The molecule has 0 aliphatic carbocycles. The maximum absolute atomic E-state index is 11.7. The van der Waals surface area contributed by atoms with Crippen LogP contribution in [0.3, 0.4) is 0 Å². The first-order valence-corrected chi connectivity index (χ1v) is 6.00. The van der Waals surface area contributed by atoms with Crippen molar-refractivity contribution in [1.82, 2.24) is 4.90 Å². The lowest BCUT2D eigenvalue weighted by molar-refractivity contribution is -0.175. The van der Waals surface area contributed by atoms with Gasteiger partial charge in [-0.15, -0.1) is 0 Å². The molecule has 0 spiro atoms. The molecule has 0 aromatic rings. The minimum atomic E-state index is -1.24. The number of hydrogen-bond donors (Lipinski definition) is 1. The average Bonchev–Trinajstić information content (AvgIpc) is 2.76. The van der Waals surface area contributed by atoms with E-state index in [0.717, 1.165) is 12.8 Å². The van der Waals surface area contributed by atoms with Crippen molar-refractivity contribution in [3.63, 3.8) is 0 Å². The van der Waals surface area contributed by atoms with Gasteiger partial charge < -0.3 is 19.5 Å². The summed E-state index contributed by atoms with van der Waals surface area (Å²) in [5.41, 5.74) is -1.24. The molecule has 0 bridgehead atoms. The largest absolute Gasteiger partial charge is 0.479 e. The average molecular weight is 255 g/mol. The van der Waals surface area contributed by atoms with Gasteiger partial charge in [-0.25, -0.2) is 9.59 Å². The maximum Gasteiger partial charge on any atom is 0.410 e. The standard InChI is InChI=1S/C12H17NO5/c1-2-5-17-11(16)13-7-9-4-3-6-18-12(9,8-13)10(14)15/h2,9H,1,3-8H2,(H,14,15)/t9-,12+/m1/s1. The van der Waals surface area contributed by atoms with Crippen molar-refractivity contribution < 1.29 is 24.2 Å². The topological polar surface area (TPSA) is 76.1 Å². The Labute approximate surface area is 105 Å². The van der Waals surface area contributed by atoms with Crippen LogP contribution in [0.25, 0.3) is 0 Å². The predicted molar refractivity (Wildman–Crippen MR) is 62.2 cm³/mol.